The first-order valence-corrected chi connectivity index (χ1v) is 7.89. The topological polar surface area (TPSA) is 52.0 Å². The van der Waals surface area contributed by atoms with Gasteiger partial charge in [0.15, 0.2) is 9.84 Å². The maximum absolute atomic E-state index is 12.1. The van der Waals surface area contributed by atoms with Gasteiger partial charge in [0.2, 0.25) is 0 Å². The van der Waals surface area contributed by atoms with Gasteiger partial charge in [0.25, 0.3) is 0 Å². The Hall–Kier alpha value is -1.14. The van der Waals surface area contributed by atoms with E-state index >= 15 is 0 Å². The van der Waals surface area contributed by atoms with Crippen molar-refractivity contribution >= 4 is 25.8 Å². The highest BCUT2D eigenvalue weighted by Gasteiger charge is 2.14. The van der Waals surface area contributed by atoms with Gasteiger partial charge in [-0.3, -0.25) is 0 Å². The smallest absolute Gasteiger partial charge is 0.180 e. The number of sulfone groups is 1. The highest BCUT2D eigenvalue weighted by Crippen LogP contribution is 2.16. The van der Waals surface area contributed by atoms with Crippen LogP contribution in [0.2, 0.25) is 0 Å². The van der Waals surface area contributed by atoms with Crippen molar-refractivity contribution in [2.75, 3.05) is 5.75 Å². The Labute approximate surface area is 115 Å². The molecule has 0 fully saturated rings. The van der Waals surface area contributed by atoms with Crippen molar-refractivity contribution in [2.24, 2.45) is 0 Å². The van der Waals surface area contributed by atoms with Crippen molar-refractivity contribution in [2.45, 2.75) is 18.4 Å². The van der Waals surface area contributed by atoms with E-state index in [2.05, 4.69) is 20.9 Å². The zero-order valence-electron chi connectivity index (χ0n) is 9.88. The summed E-state index contributed by atoms with van der Waals surface area (Å²) in [6.45, 7) is 2.27. The zero-order chi connectivity index (χ0) is 13.2. The van der Waals surface area contributed by atoms with Gasteiger partial charge in [-0.05, 0) is 31.2 Å². The van der Waals surface area contributed by atoms with E-state index in [1.165, 1.54) is 0 Å². The Bertz CT molecular complexity index is 632. The minimum absolute atomic E-state index is 0.0752. The van der Waals surface area contributed by atoms with E-state index in [9.17, 15) is 8.42 Å². The largest absolute Gasteiger partial charge is 0.334 e. The molecule has 1 heterocycles. The minimum atomic E-state index is -3.24. The maximum Gasteiger partial charge on any atom is 0.180 e. The molecule has 0 radical (unpaired) electrons. The van der Waals surface area contributed by atoms with E-state index in [4.69, 9.17) is 0 Å². The van der Waals surface area contributed by atoms with Gasteiger partial charge in [-0.25, -0.2) is 13.4 Å². The van der Waals surface area contributed by atoms with Crippen molar-refractivity contribution in [1.82, 2.24) is 9.55 Å². The molecule has 0 unspecified atom stereocenters. The Balaban J connectivity index is 2.13. The first kappa shape index (κ1) is 13.3. The lowest BCUT2D eigenvalue weighted by Crippen LogP contribution is -2.13. The molecular weight excluding hydrogens is 316 g/mol. The van der Waals surface area contributed by atoms with Gasteiger partial charge >= 0.3 is 0 Å². The summed E-state index contributed by atoms with van der Waals surface area (Å²) in [6.07, 6.45) is 3.45. The molecule has 0 saturated heterocycles. The number of imidazole rings is 1. The van der Waals surface area contributed by atoms with Crippen molar-refractivity contribution < 1.29 is 8.42 Å². The third-order valence-electron chi connectivity index (χ3n) is 2.70. The van der Waals surface area contributed by atoms with E-state index in [0.717, 1.165) is 10.3 Å². The second-order valence-corrected chi connectivity index (χ2v) is 6.97. The molecule has 18 heavy (non-hydrogen) atoms. The van der Waals surface area contributed by atoms with Gasteiger partial charge < -0.3 is 4.57 Å². The number of halogens is 1. The Morgan fingerprint density at radius 3 is 2.50 bits per heavy atom. The first-order valence-electron chi connectivity index (χ1n) is 5.45. The molecule has 1 aromatic heterocycles. The quantitative estimate of drug-likeness (QED) is 0.866. The molecule has 1 aromatic carbocycles. The predicted molar refractivity (Wildman–Crippen MR) is 73.2 cm³/mol. The molecule has 0 N–H and O–H groups in total. The van der Waals surface area contributed by atoms with Gasteiger partial charge in [0, 0.05) is 23.4 Å². The Kier molecular flexibility index (Phi) is 3.87. The summed E-state index contributed by atoms with van der Waals surface area (Å²) >= 11 is 3.29. The van der Waals surface area contributed by atoms with Crippen LogP contribution >= 0.6 is 15.9 Å². The first-order chi connectivity index (χ1) is 8.49. The molecule has 0 amide bonds. The third kappa shape index (κ3) is 3.00. The number of hydrogen-bond donors (Lipinski definition) is 0. The number of hydrogen-bond acceptors (Lipinski definition) is 3. The average molecular weight is 329 g/mol. The summed E-state index contributed by atoms with van der Waals surface area (Å²) in [5.41, 5.74) is 0. The van der Waals surface area contributed by atoms with Crippen LogP contribution in [0.3, 0.4) is 0 Å². The Morgan fingerprint density at radius 1 is 1.28 bits per heavy atom. The number of rotatable bonds is 4. The standard InChI is InChI=1S/C12H13BrN2O2S/c1-10-14-6-7-15(10)8-9-18(16,17)12-4-2-11(13)3-5-12/h2-7H,8-9H2,1H3. The van der Waals surface area contributed by atoms with Crippen LogP contribution in [-0.2, 0) is 16.4 Å². The monoisotopic (exact) mass is 328 g/mol. The lowest BCUT2D eigenvalue weighted by molar-refractivity contribution is 0.587. The van der Waals surface area contributed by atoms with Crippen molar-refractivity contribution in [3.8, 4) is 0 Å². The van der Waals surface area contributed by atoms with Crippen LogP contribution in [0.15, 0.2) is 46.0 Å². The molecule has 2 rings (SSSR count). The summed E-state index contributed by atoms with van der Waals surface area (Å²) in [4.78, 5) is 4.41. The van der Waals surface area contributed by atoms with Crippen LogP contribution in [-0.4, -0.2) is 23.7 Å². The second kappa shape index (κ2) is 5.24. The fourth-order valence-electron chi connectivity index (χ4n) is 1.62. The summed E-state index contributed by atoms with van der Waals surface area (Å²) < 4.78 is 26.9. The summed E-state index contributed by atoms with van der Waals surface area (Å²) in [6, 6.07) is 6.69. The number of aromatic nitrogens is 2. The van der Waals surface area contributed by atoms with Gasteiger partial charge in [-0.1, -0.05) is 15.9 Å². The highest BCUT2D eigenvalue weighted by molar-refractivity contribution is 9.10. The van der Waals surface area contributed by atoms with E-state index in [-0.39, 0.29) is 5.75 Å². The normalized spacial score (nSPS) is 11.7. The van der Waals surface area contributed by atoms with E-state index in [1.54, 1.807) is 36.7 Å². The van der Waals surface area contributed by atoms with E-state index in [1.807, 2.05) is 11.5 Å². The van der Waals surface area contributed by atoms with Crippen LogP contribution in [0, 0.1) is 6.92 Å². The molecular formula is C12H13BrN2O2S. The zero-order valence-corrected chi connectivity index (χ0v) is 12.3. The van der Waals surface area contributed by atoms with Gasteiger partial charge in [0.05, 0.1) is 10.6 Å². The Morgan fingerprint density at radius 2 is 1.94 bits per heavy atom. The molecule has 6 heteroatoms. The van der Waals surface area contributed by atoms with E-state index in [0.29, 0.717) is 11.4 Å². The second-order valence-electron chi connectivity index (χ2n) is 3.94. The van der Waals surface area contributed by atoms with Crippen LogP contribution in [0.5, 0.6) is 0 Å². The summed E-state index contributed by atoms with van der Waals surface area (Å²) in [7, 11) is -3.24. The SMILES string of the molecule is Cc1nccn1CCS(=O)(=O)c1ccc(Br)cc1. The average Bonchev–Trinajstić information content (AvgIpc) is 2.73. The lowest BCUT2D eigenvalue weighted by Gasteiger charge is -2.06. The van der Waals surface area contributed by atoms with Crippen molar-refractivity contribution in [1.29, 1.82) is 0 Å². The number of benzene rings is 1. The molecule has 4 nitrogen and oxygen atoms in total. The van der Waals surface area contributed by atoms with Gasteiger partial charge in [-0.15, -0.1) is 0 Å². The van der Waals surface area contributed by atoms with Crippen LogP contribution in [0.4, 0.5) is 0 Å². The molecule has 0 spiro atoms. The summed E-state index contributed by atoms with van der Waals surface area (Å²) in [5.74, 6) is 0.896. The molecule has 0 aliphatic carbocycles. The fraction of sp³-hybridized carbons (Fsp3) is 0.250. The fourth-order valence-corrected chi connectivity index (χ4v) is 3.11. The van der Waals surface area contributed by atoms with Crippen LogP contribution in [0.1, 0.15) is 5.82 Å². The van der Waals surface area contributed by atoms with E-state index < -0.39 is 9.84 Å². The molecule has 0 bridgehead atoms. The number of nitrogens with zero attached hydrogens (tertiary/aromatic N) is 2. The molecule has 0 aliphatic rings. The molecule has 2 aromatic rings. The minimum Gasteiger partial charge on any atom is -0.334 e. The summed E-state index contributed by atoms with van der Waals surface area (Å²) in [5, 5.41) is 0. The molecule has 0 aliphatic heterocycles. The molecule has 0 saturated carbocycles. The maximum atomic E-state index is 12.1. The third-order valence-corrected chi connectivity index (χ3v) is 4.94. The molecule has 96 valence electrons. The highest BCUT2D eigenvalue weighted by atomic mass is 79.9. The van der Waals surface area contributed by atoms with Gasteiger partial charge in [-0.2, -0.15) is 0 Å². The van der Waals surface area contributed by atoms with Crippen LogP contribution in [0.25, 0.3) is 0 Å². The van der Waals surface area contributed by atoms with Crippen molar-refractivity contribution in [3.63, 3.8) is 0 Å². The van der Waals surface area contributed by atoms with Gasteiger partial charge in [0.1, 0.15) is 5.82 Å². The molecule has 0 atom stereocenters. The predicted octanol–water partition coefficient (Wildman–Crippen LogP) is 2.43. The van der Waals surface area contributed by atoms with Crippen molar-refractivity contribution in [3.05, 3.63) is 47.0 Å². The van der Waals surface area contributed by atoms with Crippen LogP contribution < -0.4 is 0 Å². The lowest BCUT2D eigenvalue weighted by atomic mass is 10.4. The number of aryl methyl sites for hydroxylation is 2.